The Morgan fingerprint density at radius 1 is 1.50 bits per heavy atom. The number of aliphatic hydroxyl groups is 1. The molecule has 0 atom stereocenters. The molecule has 0 aromatic rings. The Labute approximate surface area is 84.6 Å². The first-order valence-electron chi connectivity index (χ1n) is 4.89. The highest BCUT2D eigenvalue weighted by molar-refractivity contribution is 5.68. The minimum absolute atomic E-state index is 0.132. The van der Waals surface area contributed by atoms with E-state index in [1.165, 1.54) is 0 Å². The van der Waals surface area contributed by atoms with Crippen LogP contribution < -0.4 is 5.32 Å². The average molecular weight is 201 g/mol. The van der Waals surface area contributed by atoms with E-state index in [1.807, 2.05) is 20.8 Å². The maximum Gasteiger partial charge on any atom is 0.407 e. The van der Waals surface area contributed by atoms with E-state index >= 15 is 0 Å². The third kappa shape index (κ3) is 3.54. The monoisotopic (exact) mass is 201 g/mol. The van der Waals surface area contributed by atoms with Crippen LogP contribution in [0.4, 0.5) is 4.79 Å². The van der Waals surface area contributed by atoms with E-state index < -0.39 is 11.7 Å². The molecule has 0 spiro atoms. The topological polar surface area (TPSA) is 58.6 Å². The average Bonchev–Trinajstić information content (AvgIpc) is 1.76. The molecule has 1 rings (SSSR count). The largest absolute Gasteiger partial charge is 0.446 e. The Morgan fingerprint density at radius 2 is 2.00 bits per heavy atom. The van der Waals surface area contributed by atoms with E-state index in [1.54, 1.807) is 6.92 Å². The van der Waals surface area contributed by atoms with Gasteiger partial charge in [0.1, 0.15) is 6.10 Å². The summed E-state index contributed by atoms with van der Waals surface area (Å²) < 4.78 is 5.09. The molecule has 0 heterocycles. The normalized spacial score (nSPS) is 31.9. The van der Waals surface area contributed by atoms with Crippen LogP contribution in [0.5, 0.6) is 0 Å². The maximum absolute atomic E-state index is 11.3. The van der Waals surface area contributed by atoms with Crippen LogP contribution >= 0.6 is 0 Å². The van der Waals surface area contributed by atoms with Crippen molar-refractivity contribution >= 4 is 6.09 Å². The summed E-state index contributed by atoms with van der Waals surface area (Å²) in [4.78, 5) is 11.3. The third-order valence-corrected chi connectivity index (χ3v) is 2.09. The van der Waals surface area contributed by atoms with Crippen molar-refractivity contribution in [1.29, 1.82) is 0 Å². The zero-order valence-corrected chi connectivity index (χ0v) is 9.26. The van der Waals surface area contributed by atoms with Crippen molar-refractivity contribution in [2.24, 2.45) is 0 Å². The smallest absolute Gasteiger partial charge is 0.407 e. The van der Waals surface area contributed by atoms with Crippen molar-refractivity contribution in [2.75, 3.05) is 0 Å². The fourth-order valence-corrected chi connectivity index (χ4v) is 1.49. The highest BCUT2D eigenvalue weighted by atomic mass is 16.6. The van der Waals surface area contributed by atoms with Crippen LogP contribution in [0.15, 0.2) is 0 Å². The molecule has 2 N–H and O–H groups in total. The molecule has 1 aliphatic rings. The predicted octanol–water partition coefficient (Wildman–Crippen LogP) is 1.42. The van der Waals surface area contributed by atoms with Crippen molar-refractivity contribution in [2.45, 2.75) is 57.8 Å². The van der Waals surface area contributed by atoms with Crippen molar-refractivity contribution in [1.82, 2.24) is 5.32 Å². The first kappa shape index (κ1) is 11.3. The van der Waals surface area contributed by atoms with Gasteiger partial charge in [-0.1, -0.05) is 0 Å². The first-order chi connectivity index (χ1) is 6.18. The molecule has 4 heteroatoms. The number of hydrogen-bond acceptors (Lipinski definition) is 3. The Hall–Kier alpha value is -0.770. The van der Waals surface area contributed by atoms with Crippen molar-refractivity contribution in [3.05, 3.63) is 0 Å². The third-order valence-electron chi connectivity index (χ3n) is 2.09. The molecule has 4 nitrogen and oxygen atoms in total. The van der Waals surface area contributed by atoms with Gasteiger partial charge in [0.2, 0.25) is 0 Å². The van der Waals surface area contributed by atoms with Crippen LogP contribution in [0.3, 0.4) is 0 Å². The molecule has 0 aromatic heterocycles. The quantitative estimate of drug-likeness (QED) is 0.674. The molecule has 0 saturated heterocycles. The number of hydrogen-bond donors (Lipinski definition) is 2. The van der Waals surface area contributed by atoms with Gasteiger partial charge in [-0.05, 0) is 27.7 Å². The Balaban J connectivity index is 2.24. The van der Waals surface area contributed by atoms with Crippen LogP contribution in [0, 0.1) is 0 Å². The second-order valence-corrected chi connectivity index (χ2v) is 5.31. The fraction of sp³-hybridized carbons (Fsp3) is 0.900. The number of carbonyl (C=O) groups is 1. The van der Waals surface area contributed by atoms with E-state index in [-0.39, 0.29) is 11.6 Å². The minimum atomic E-state index is -0.646. The molecular formula is C10H19NO3. The number of ether oxygens (including phenoxy) is 1. The summed E-state index contributed by atoms with van der Waals surface area (Å²) in [6.45, 7) is 7.43. The van der Waals surface area contributed by atoms with Gasteiger partial charge >= 0.3 is 6.09 Å². The fourth-order valence-electron chi connectivity index (χ4n) is 1.49. The highest BCUT2D eigenvalue weighted by Crippen LogP contribution is 2.33. The first-order valence-corrected chi connectivity index (χ1v) is 4.89. The molecule has 82 valence electrons. The molecule has 0 aliphatic heterocycles. The summed E-state index contributed by atoms with van der Waals surface area (Å²) in [6, 6.07) is 0. The minimum Gasteiger partial charge on any atom is -0.446 e. The molecule has 0 unspecified atom stereocenters. The highest BCUT2D eigenvalue weighted by Gasteiger charge is 2.41. The Kier molecular flexibility index (Phi) is 2.76. The van der Waals surface area contributed by atoms with Gasteiger partial charge in [0.25, 0.3) is 0 Å². The summed E-state index contributed by atoms with van der Waals surface area (Å²) in [6.07, 6.45) is 0.528. The summed E-state index contributed by atoms with van der Waals surface area (Å²) in [7, 11) is 0. The van der Waals surface area contributed by atoms with Gasteiger partial charge in [-0.3, -0.25) is 0 Å². The Morgan fingerprint density at radius 3 is 2.36 bits per heavy atom. The molecule has 1 saturated carbocycles. The van der Waals surface area contributed by atoms with Gasteiger partial charge in [0, 0.05) is 18.4 Å². The zero-order valence-electron chi connectivity index (χ0n) is 9.26. The molecule has 1 amide bonds. The number of nitrogens with one attached hydrogen (secondary N) is 1. The van der Waals surface area contributed by atoms with E-state index in [0.29, 0.717) is 12.8 Å². The number of alkyl carbamates (subject to hydrolysis) is 1. The second kappa shape index (κ2) is 3.42. The van der Waals surface area contributed by atoms with Crippen LogP contribution in [0.25, 0.3) is 0 Å². The lowest BCUT2D eigenvalue weighted by Crippen LogP contribution is -2.50. The van der Waals surface area contributed by atoms with Crippen molar-refractivity contribution < 1.29 is 14.6 Å². The standard InChI is InChI=1S/C10H19NO3/c1-9(2,3)11-8(12)14-7-5-10(4,13)6-7/h7,13H,5-6H2,1-4H3,(H,11,12). The number of carbonyl (C=O) groups excluding carboxylic acids is 1. The van der Waals surface area contributed by atoms with Crippen LogP contribution in [0.2, 0.25) is 0 Å². The lowest BCUT2D eigenvalue weighted by molar-refractivity contribution is -0.103. The van der Waals surface area contributed by atoms with E-state index in [4.69, 9.17) is 4.74 Å². The molecule has 0 aromatic carbocycles. The molecule has 0 radical (unpaired) electrons. The van der Waals surface area contributed by atoms with Crippen molar-refractivity contribution in [3.8, 4) is 0 Å². The lowest BCUT2D eigenvalue weighted by Gasteiger charge is -2.40. The molecular weight excluding hydrogens is 182 g/mol. The number of amides is 1. The van der Waals surface area contributed by atoms with Crippen LogP contribution in [-0.2, 0) is 4.74 Å². The Bertz CT molecular complexity index is 222. The second-order valence-electron chi connectivity index (χ2n) is 5.31. The maximum atomic E-state index is 11.3. The zero-order chi connectivity index (χ0) is 11.0. The van der Waals surface area contributed by atoms with Gasteiger partial charge in [-0.2, -0.15) is 0 Å². The van der Waals surface area contributed by atoms with Gasteiger partial charge in [0.05, 0.1) is 5.60 Å². The van der Waals surface area contributed by atoms with E-state index in [0.717, 1.165) is 0 Å². The molecule has 14 heavy (non-hydrogen) atoms. The van der Waals surface area contributed by atoms with Crippen LogP contribution in [0.1, 0.15) is 40.5 Å². The molecule has 1 aliphatic carbocycles. The van der Waals surface area contributed by atoms with Gasteiger partial charge < -0.3 is 15.2 Å². The number of rotatable bonds is 1. The predicted molar refractivity (Wildman–Crippen MR) is 53.0 cm³/mol. The van der Waals surface area contributed by atoms with E-state index in [2.05, 4.69) is 5.32 Å². The lowest BCUT2D eigenvalue weighted by atomic mass is 9.79. The van der Waals surface area contributed by atoms with E-state index in [9.17, 15) is 9.90 Å². The summed E-state index contributed by atoms with van der Waals surface area (Å²) in [5.41, 5.74) is -0.921. The summed E-state index contributed by atoms with van der Waals surface area (Å²) in [5, 5.41) is 12.1. The summed E-state index contributed by atoms with van der Waals surface area (Å²) in [5.74, 6) is 0. The summed E-state index contributed by atoms with van der Waals surface area (Å²) >= 11 is 0. The SMILES string of the molecule is CC1(O)CC(OC(=O)NC(C)(C)C)C1. The molecule has 0 bridgehead atoms. The van der Waals surface area contributed by atoms with Gasteiger partial charge in [-0.25, -0.2) is 4.79 Å². The van der Waals surface area contributed by atoms with Crippen molar-refractivity contribution in [3.63, 3.8) is 0 Å². The molecule has 1 fully saturated rings. The van der Waals surface area contributed by atoms with Gasteiger partial charge in [-0.15, -0.1) is 0 Å². The van der Waals surface area contributed by atoms with Crippen LogP contribution in [-0.4, -0.2) is 28.4 Å². The van der Waals surface area contributed by atoms with Gasteiger partial charge in [0.15, 0.2) is 0 Å².